The fourth-order valence-electron chi connectivity index (χ4n) is 2.63. The Morgan fingerprint density at radius 3 is 2.92 bits per heavy atom. The summed E-state index contributed by atoms with van der Waals surface area (Å²) in [7, 11) is 0. The molecule has 4 aromatic rings. The highest BCUT2D eigenvalue weighted by molar-refractivity contribution is 7.21. The first-order valence-electron chi connectivity index (χ1n) is 7.49. The van der Waals surface area contributed by atoms with Gasteiger partial charge in [-0.1, -0.05) is 29.8 Å². The molecule has 120 valence electrons. The van der Waals surface area contributed by atoms with Crippen molar-refractivity contribution in [3.05, 3.63) is 62.8 Å². The Hall–Kier alpha value is -1.95. The maximum atomic E-state index is 12.4. The Bertz CT molecular complexity index is 1020. The molecule has 24 heavy (non-hydrogen) atoms. The van der Waals surface area contributed by atoms with Crippen molar-refractivity contribution < 1.29 is 4.79 Å². The van der Waals surface area contributed by atoms with Crippen LogP contribution in [0.4, 0.5) is 0 Å². The minimum atomic E-state index is -0.0634. The first-order valence-corrected chi connectivity index (χ1v) is 9.63. The number of halogens is 1. The van der Waals surface area contributed by atoms with Gasteiger partial charge in [0.25, 0.3) is 5.91 Å². The first kappa shape index (κ1) is 15.6. The molecule has 0 spiro atoms. The molecule has 6 heteroatoms. The number of amides is 1. The normalized spacial score (nSPS) is 11.2. The van der Waals surface area contributed by atoms with Crippen molar-refractivity contribution in [1.29, 1.82) is 0 Å². The average Bonchev–Trinajstić information content (AvgIpc) is 3.25. The van der Waals surface area contributed by atoms with Crippen molar-refractivity contribution in [2.45, 2.75) is 6.42 Å². The van der Waals surface area contributed by atoms with Crippen molar-refractivity contribution in [2.24, 2.45) is 0 Å². The van der Waals surface area contributed by atoms with Gasteiger partial charge in [0.2, 0.25) is 0 Å². The second-order valence-electron chi connectivity index (χ2n) is 5.41. The molecule has 0 saturated heterocycles. The van der Waals surface area contributed by atoms with Gasteiger partial charge in [0.1, 0.15) is 5.15 Å². The number of fused-ring (bicyclic) bond motifs is 3. The van der Waals surface area contributed by atoms with Crippen LogP contribution in [0.5, 0.6) is 0 Å². The maximum absolute atomic E-state index is 12.4. The smallest absolute Gasteiger partial charge is 0.261 e. The Morgan fingerprint density at radius 2 is 2.08 bits per heavy atom. The summed E-state index contributed by atoms with van der Waals surface area (Å²) in [6, 6.07) is 11.8. The van der Waals surface area contributed by atoms with Crippen molar-refractivity contribution in [1.82, 2.24) is 10.3 Å². The van der Waals surface area contributed by atoms with Gasteiger partial charge in [0.05, 0.1) is 10.4 Å². The summed E-state index contributed by atoms with van der Waals surface area (Å²) in [4.78, 5) is 17.5. The number of carbonyl (C=O) groups is 1. The molecule has 1 N–H and O–H groups in total. The van der Waals surface area contributed by atoms with Crippen molar-refractivity contribution in [2.75, 3.05) is 6.54 Å². The molecule has 0 unspecified atom stereocenters. The maximum Gasteiger partial charge on any atom is 0.261 e. The molecular weight excluding hydrogens is 360 g/mol. The van der Waals surface area contributed by atoms with Crippen LogP contribution in [0.2, 0.25) is 5.15 Å². The molecule has 3 heterocycles. The van der Waals surface area contributed by atoms with E-state index < -0.39 is 0 Å². The summed E-state index contributed by atoms with van der Waals surface area (Å²) in [6.45, 7) is 0.622. The van der Waals surface area contributed by atoms with Gasteiger partial charge in [-0.15, -0.1) is 11.3 Å². The second-order valence-corrected chi connectivity index (χ2v) is 7.60. The molecule has 3 nitrogen and oxygen atoms in total. The Kier molecular flexibility index (Phi) is 4.22. The van der Waals surface area contributed by atoms with Gasteiger partial charge in [-0.05, 0) is 40.9 Å². The minimum absolute atomic E-state index is 0.0634. The number of hydrogen-bond donors (Lipinski definition) is 1. The lowest BCUT2D eigenvalue weighted by molar-refractivity contribution is 0.0958. The first-order chi connectivity index (χ1) is 11.7. The molecule has 0 aliphatic rings. The predicted octanol–water partition coefficient (Wildman–Crippen LogP) is 5.14. The van der Waals surface area contributed by atoms with Crippen molar-refractivity contribution >= 4 is 61.2 Å². The molecular formula is C18H13ClN2OS2. The molecule has 4 rings (SSSR count). The van der Waals surface area contributed by atoms with Gasteiger partial charge in [-0.3, -0.25) is 4.79 Å². The quantitative estimate of drug-likeness (QED) is 0.504. The van der Waals surface area contributed by atoms with E-state index in [2.05, 4.69) is 21.7 Å². The fraction of sp³-hybridized carbons (Fsp3) is 0.111. The topological polar surface area (TPSA) is 42.0 Å². The molecule has 0 aliphatic carbocycles. The van der Waals surface area contributed by atoms with Crippen LogP contribution in [0.25, 0.3) is 21.0 Å². The van der Waals surface area contributed by atoms with E-state index in [-0.39, 0.29) is 5.91 Å². The lowest BCUT2D eigenvalue weighted by atomic mass is 10.2. The van der Waals surface area contributed by atoms with Gasteiger partial charge in [0, 0.05) is 22.0 Å². The summed E-state index contributed by atoms with van der Waals surface area (Å²) in [6.07, 6.45) is 0.839. The van der Waals surface area contributed by atoms with Crippen LogP contribution >= 0.6 is 34.3 Å². The highest BCUT2D eigenvalue weighted by Crippen LogP contribution is 2.35. The second kappa shape index (κ2) is 6.51. The van der Waals surface area contributed by atoms with E-state index in [0.717, 1.165) is 27.4 Å². The van der Waals surface area contributed by atoms with Gasteiger partial charge in [-0.25, -0.2) is 4.98 Å². The number of para-hydroxylation sites is 1. The van der Waals surface area contributed by atoms with E-state index in [1.54, 1.807) is 11.3 Å². The SMILES string of the molecule is O=C(NCCc1ccsc1)c1cc2c(Cl)nc3ccccc3c2s1. The molecule has 0 atom stereocenters. The number of aromatic nitrogens is 1. The lowest BCUT2D eigenvalue weighted by Gasteiger charge is -2.01. The highest BCUT2D eigenvalue weighted by Gasteiger charge is 2.15. The Balaban J connectivity index is 1.61. The molecule has 1 aromatic carbocycles. The molecule has 0 saturated carbocycles. The zero-order chi connectivity index (χ0) is 16.5. The number of pyridine rings is 1. The number of carbonyl (C=O) groups excluding carboxylic acids is 1. The third kappa shape index (κ3) is 2.90. The van der Waals surface area contributed by atoms with E-state index >= 15 is 0 Å². The standard InChI is InChI=1S/C18H13ClN2OS2/c19-17-13-9-15(18(22)20-7-5-11-6-8-23-10-11)24-16(13)12-3-1-2-4-14(12)21-17/h1-4,6,8-10H,5,7H2,(H,20,22). The third-order valence-electron chi connectivity index (χ3n) is 3.82. The average molecular weight is 373 g/mol. The van der Waals surface area contributed by atoms with Gasteiger partial charge in [-0.2, -0.15) is 11.3 Å². The van der Waals surface area contributed by atoms with Crippen LogP contribution in [0.3, 0.4) is 0 Å². The Labute approximate surface area is 151 Å². The highest BCUT2D eigenvalue weighted by atomic mass is 35.5. The van der Waals surface area contributed by atoms with Gasteiger partial charge in [0.15, 0.2) is 0 Å². The van der Waals surface area contributed by atoms with Crippen LogP contribution in [0.1, 0.15) is 15.2 Å². The van der Waals surface area contributed by atoms with Gasteiger partial charge < -0.3 is 5.32 Å². The predicted molar refractivity (Wildman–Crippen MR) is 102 cm³/mol. The third-order valence-corrected chi connectivity index (χ3v) is 6.01. The summed E-state index contributed by atoms with van der Waals surface area (Å²) < 4.78 is 1.01. The van der Waals surface area contributed by atoms with E-state index in [1.807, 2.05) is 35.7 Å². The lowest BCUT2D eigenvalue weighted by Crippen LogP contribution is -2.24. The Morgan fingerprint density at radius 1 is 1.21 bits per heavy atom. The van der Waals surface area contributed by atoms with Crippen molar-refractivity contribution in [3.8, 4) is 0 Å². The minimum Gasteiger partial charge on any atom is -0.351 e. The van der Waals surface area contributed by atoms with Crippen LogP contribution < -0.4 is 5.32 Å². The molecule has 0 aliphatic heterocycles. The summed E-state index contributed by atoms with van der Waals surface area (Å²) in [5.74, 6) is -0.0634. The summed E-state index contributed by atoms with van der Waals surface area (Å²) in [5.41, 5.74) is 2.09. The summed E-state index contributed by atoms with van der Waals surface area (Å²) >= 11 is 9.42. The van der Waals surface area contributed by atoms with Crippen LogP contribution in [0.15, 0.2) is 47.2 Å². The summed E-state index contributed by atoms with van der Waals surface area (Å²) in [5, 5.41) is 9.43. The molecule has 3 aromatic heterocycles. The van der Waals surface area contributed by atoms with Crippen LogP contribution in [-0.2, 0) is 6.42 Å². The number of nitrogens with one attached hydrogen (secondary N) is 1. The van der Waals surface area contributed by atoms with Crippen molar-refractivity contribution in [3.63, 3.8) is 0 Å². The molecule has 0 fully saturated rings. The van der Waals surface area contributed by atoms with E-state index in [1.165, 1.54) is 16.9 Å². The van der Waals surface area contributed by atoms with Crippen LogP contribution in [-0.4, -0.2) is 17.4 Å². The number of benzene rings is 1. The van der Waals surface area contributed by atoms with E-state index in [0.29, 0.717) is 16.6 Å². The molecule has 0 bridgehead atoms. The van der Waals surface area contributed by atoms with E-state index in [4.69, 9.17) is 11.6 Å². The van der Waals surface area contributed by atoms with Crippen LogP contribution in [0, 0.1) is 0 Å². The largest absolute Gasteiger partial charge is 0.351 e. The monoisotopic (exact) mass is 372 g/mol. The number of rotatable bonds is 4. The zero-order valence-electron chi connectivity index (χ0n) is 12.6. The molecule has 0 radical (unpaired) electrons. The van der Waals surface area contributed by atoms with Gasteiger partial charge >= 0.3 is 0 Å². The number of thiophene rings is 2. The zero-order valence-corrected chi connectivity index (χ0v) is 15.0. The van der Waals surface area contributed by atoms with E-state index in [9.17, 15) is 4.79 Å². The number of hydrogen-bond acceptors (Lipinski definition) is 4. The number of nitrogens with zero attached hydrogens (tertiary/aromatic N) is 1. The fourth-order valence-corrected chi connectivity index (χ4v) is 4.74. The molecule has 1 amide bonds.